The van der Waals surface area contributed by atoms with Crippen molar-refractivity contribution in [3.05, 3.63) is 24.3 Å². The summed E-state index contributed by atoms with van der Waals surface area (Å²) in [6.07, 6.45) is 0. The fraction of sp³-hybridized carbons (Fsp3) is 0.429. The number of carbonyl (C=O) groups excluding carboxylic acids is 2. The minimum absolute atomic E-state index is 0.0580. The second-order valence-electron chi connectivity index (χ2n) is 4.75. The first-order valence-electron chi connectivity index (χ1n) is 6.44. The molecule has 6 nitrogen and oxygen atoms in total. The van der Waals surface area contributed by atoms with Gasteiger partial charge in [-0.05, 0) is 18.1 Å². The van der Waals surface area contributed by atoms with Crippen molar-refractivity contribution in [2.75, 3.05) is 19.0 Å². The lowest BCUT2D eigenvalue weighted by atomic mass is 10.0. The van der Waals surface area contributed by atoms with E-state index in [2.05, 4.69) is 10.6 Å². The summed E-state index contributed by atoms with van der Waals surface area (Å²) in [4.78, 5) is 22.9. The summed E-state index contributed by atoms with van der Waals surface area (Å²) < 4.78 is 5.29. The average Bonchev–Trinajstić information content (AvgIpc) is 2.44. The molecule has 0 saturated carbocycles. The third-order valence-electron chi connectivity index (χ3n) is 2.77. The first-order valence-corrected chi connectivity index (χ1v) is 6.44. The molecule has 0 unspecified atom stereocenters. The van der Waals surface area contributed by atoms with Gasteiger partial charge in [-0.3, -0.25) is 9.59 Å². The highest BCUT2D eigenvalue weighted by Gasteiger charge is 2.17. The Morgan fingerprint density at radius 2 is 2.05 bits per heavy atom. The number of nitrogens with two attached hydrogens (primary N) is 1. The third-order valence-corrected chi connectivity index (χ3v) is 2.77. The Morgan fingerprint density at radius 3 is 2.65 bits per heavy atom. The zero-order valence-electron chi connectivity index (χ0n) is 12.0. The fourth-order valence-electron chi connectivity index (χ4n) is 1.41. The molecule has 6 heteroatoms. The van der Waals surface area contributed by atoms with Crippen LogP contribution in [0.15, 0.2) is 24.3 Å². The smallest absolute Gasteiger partial charge is 0.257 e. The van der Waals surface area contributed by atoms with Gasteiger partial charge >= 0.3 is 0 Å². The standard InChI is InChI=1S/C14H21N3O3/c1-9(2)13(15)14(19)17-10-5-4-6-11(7-10)20-8-12(18)16-3/h4-7,9,13H,8,15H2,1-3H3,(H,16,18)(H,17,19)/t13-/m0/s1. The van der Waals surface area contributed by atoms with Gasteiger partial charge in [0.1, 0.15) is 5.75 Å². The number of ether oxygens (including phenoxy) is 1. The van der Waals surface area contributed by atoms with Crippen LogP contribution >= 0.6 is 0 Å². The van der Waals surface area contributed by atoms with Crippen LogP contribution in [-0.2, 0) is 9.59 Å². The summed E-state index contributed by atoms with van der Waals surface area (Å²) in [5.74, 6) is 0.0944. The van der Waals surface area contributed by atoms with E-state index in [9.17, 15) is 9.59 Å². The van der Waals surface area contributed by atoms with Gasteiger partial charge in [-0.15, -0.1) is 0 Å². The van der Waals surface area contributed by atoms with Crippen molar-refractivity contribution in [2.45, 2.75) is 19.9 Å². The number of rotatable bonds is 6. The van der Waals surface area contributed by atoms with E-state index in [-0.39, 0.29) is 24.3 Å². The Hall–Kier alpha value is -2.08. The second kappa shape index (κ2) is 7.49. The van der Waals surface area contributed by atoms with E-state index < -0.39 is 6.04 Å². The minimum Gasteiger partial charge on any atom is -0.484 e. The third kappa shape index (κ3) is 4.89. The summed E-state index contributed by atoms with van der Waals surface area (Å²) >= 11 is 0. The highest BCUT2D eigenvalue weighted by Crippen LogP contribution is 2.17. The molecular weight excluding hydrogens is 258 g/mol. The van der Waals surface area contributed by atoms with Crippen LogP contribution in [0.25, 0.3) is 0 Å². The van der Waals surface area contributed by atoms with Gasteiger partial charge in [0.05, 0.1) is 6.04 Å². The molecule has 0 aromatic heterocycles. The molecule has 0 aliphatic carbocycles. The first kappa shape index (κ1) is 16.0. The van der Waals surface area contributed by atoms with Crippen molar-refractivity contribution in [3.63, 3.8) is 0 Å². The number of hydrogen-bond donors (Lipinski definition) is 3. The number of amides is 2. The number of anilines is 1. The predicted octanol–water partition coefficient (Wildman–Crippen LogP) is 0.733. The lowest BCUT2D eigenvalue weighted by Gasteiger charge is -2.15. The van der Waals surface area contributed by atoms with E-state index in [4.69, 9.17) is 10.5 Å². The summed E-state index contributed by atoms with van der Waals surface area (Å²) in [5.41, 5.74) is 6.35. The molecule has 0 bridgehead atoms. The van der Waals surface area contributed by atoms with E-state index in [0.29, 0.717) is 11.4 Å². The lowest BCUT2D eigenvalue weighted by Crippen LogP contribution is -2.39. The Labute approximate surface area is 118 Å². The minimum atomic E-state index is -0.564. The van der Waals surface area contributed by atoms with E-state index in [1.165, 1.54) is 7.05 Å². The zero-order valence-corrected chi connectivity index (χ0v) is 12.0. The molecule has 0 spiro atoms. The molecular formula is C14H21N3O3. The van der Waals surface area contributed by atoms with Gasteiger partial charge in [0.15, 0.2) is 6.61 Å². The molecule has 0 radical (unpaired) electrons. The predicted molar refractivity (Wildman–Crippen MR) is 77.4 cm³/mol. The largest absolute Gasteiger partial charge is 0.484 e. The van der Waals surface area contributed by atoms with Crippen LogP contribution in [0.4, 0.5) is 5.69 Å². The van der Waals surface area contributed by atoms with Gasteiger partial charge in [0, 0.05) is 18.8 Å². The molecule has 2 amide bonds. The van der Waals surface area contributed by atoms with Crippen molar-refractivity contribution in [1.82, 2.24) is 5.32 Å². The van der Waals surface area contributed by atoms with Gasteiger partial charge in [0.25, 0.3) is 5.91 Å². The van der Waals surface area contributed by atoms with Crippen LogP contribution < -0.4 is 21.1 Å². The summed E-state index contributed by atoms with van der Waals surface area (Å²) in [5, 5.41) is 5.18. The zero-order chi connectivity index (χ0) is 15.1. The van der Waals surface area contributed by atoms with Crippen molar-refractivity contribution in [2.24, 2.45) is 11.7 Å². The van der Waals surface area contributed by atoms with Crippen LogP contribution in [0, 0.1) is 5.92 Å². The first-order chi connectivity index (χ1) is 9.43. The maximum absolute atomic E-state index is 11.8. The molecule has 0 heterocycles. The number of benzene rings is 1. The average molecular weight is 279 g/mol. The van der Waals surface area contributed by atoms with Crippen molar-refractivity contribution in [1.29, 1.82) is 0 Å². The molecule has 1 atom stereocenters. The summed E-state index contributed by atoms with van der Waals surface area (Å²) in [6, 6.07) is 6.26. The number of likely N-dealkylation sites (N-methyl/N-ethyl adjacent to an activating group) is 1. The second-order valence-corrected chi connectivity index (χ2v) is 4.75. The van der Waals surface area contributed by atoms with E-state index in [1.54, 1.807) is 24.3 Å². The molecule has 0 aliphatic rings. The molecule has 4 N–H and O–H groups in total. The molecule has 1 aromatic carbocycles. The van der Waals surface area contributed by atoms with E-state index in [0.717, 1.165) is 0 Å². The Balaban J connectivity index is 2.64. The van der Waals surface area contributed by atoms with Crippen LogP contribution in [0.5, 0.6) is 5.75 Å². The maximum Gasteiger partial charge on any atom is 0.257 e. The number of carbonyl (C=O) groups is 2. The van der Waals surface area contributed by atoms with Gasteiger partial charge in [0.2, 0.25) is 5.91 Å². The monoisotopic (exact) mass is 279 g/mol. The SMILES string of the molecule is CNC(=O)COc1cccc(NC(=O)[C@@H](N)C(C)C)c1. The van der Waals surface area contributed by atoms with Gasteiger partial charge in [-0.25, -0.2) is 0 Å². The maximum atomic E-state index is 11.8. The number of nitrogens with one attached hydrogen (secondary N) is 2. The highest BCUT2D eigenvalue weighted by molar-refractivity contribution is 5.95. The molecule has 20 heavy (non-hydrogen) atoms. The van der Waals surface area contributed by atoms with Crippen molar-refractivity contribution in [3.8, 4) is 5.75 Å². The molecule has 110 valence electrons. The van der Waals surface area contributed by atoms with Crippen LogP contribution in [0.1, 0.15) is 13.8 Å². The molecule has 1 aromatic rings. The highest BCUT2D eigenvalue weighted by atomic mass is 16.5. The van der Waals surface area contributed by atoms with Crippen LogP contribution in [0.3, 0.4) is 0 Å². The summed E-state index contributed by atoms with van der Waals surface area (Å²) in [6.45, 7) is 3.69. The van der Waals surface area contributed by atoms with Crippen LogP contribution in [-0.4, -0.2) is 31.5 Å². The van der Waals surface area contributed by atoms with Crippen molar-refractivity contribution >= 4 is 17.5 Å². The van der Waals surface area contributed by atoms with Gasteiger partial charge in [-0.1, -0.05) is 19.9 Å². The Kier molecular flexibility index (Phi) is 5.99. The van der Waals surface area contributed by atoms with Gasteiger partial charge in [-0.2, -0.15) is 0 Å². The van der Waals surface area contributed by atoms with Gasteiger partial charge < -0.3 is 21.1 Å². The fourth-order valence-corrected chi connectivity index (χ4v) is 1.41. The number of hydrogen-bond acceptors (Lipinski definition) is 4. The summed E-state index contributed by atoms with van der Waals surface area (Å²) in [7, 11) is 1.54. The van der Waals surface area contributed by atoms with Crippen molar-refractivity contribution < 1.29 is 14.3 Å². The molecule has 1 rings (SSSR count). The lowest BCUT2D eigenvalue weighted by molar-refractivity contribution is -0.122. The molecule has 0 saturated heterocycles. The van der Waals surface area contributed by atoms with E-state index in [1.807, 2.05) is 13.8 Å². The normalized spacial score (nSPS) is 11.8. The van der Waals surface area contributed by atoms with E-state index >= 15 is 0 Å². The molecule has 0 aliphatic heterocycles. The Morgan fingerprint density at radius 1 is 1.35 bits per heavy atom. The quantitative estimate of drug-likeness (QED) is 0.715. The van der Waals surface area contributed by atoms with Crippen LogP contribution in [0.2, 0.25) is 0 Å². The molecule has 0 fully saturated rings. The Bertz CT molecular complexity index is 474. The topological polar surface area (TPSA) is 93.5 Å².